The highest BCUT2D eigenvalue weighted by molar-refractivity contribution is 5.90. The van der Waals surface area contributed by atoms with Gasteiger partial charge < -0.3 is 14.9 Å². The van der Waals surface area contributed by atoms with E-state index < -0.39 is 11.9 Å². The molecule has 0 radical (unpaired) electrons. The van der Waals surface area contributed by atoms with Crippen LogP contribution in [0.5, 0.6) is 0 Å². The molecule has 0 atom stereocenters. The summed E-state index contributed by atoms with van der Waals surface area (Å²) in [5, 5.41) is 17.2. The number of aliphatic hydroxyl groups is 1. The standard InChI is InChI=1S/C11H13NO5/c13-6-1-2-7-17-11(16)9-5-3-4-8(12-9)10(14)15/h3-5,13H,1-2,6-7H2,(H,14,15). The Morgan fingerprint density at radius 3 is 2.59 bits per heavy atom. The summed E-state index contributed by atoms with van der Waals surface area (Å²) in [5.41, 5.74) is -0.233. The van der Waals surface area contributed by atoms with Crippen LogP contribution in [0.4, 0.5) is 0 Å². The van der Waals surface area contributed by atoms with Crippen LogP contribution in [0, 0.1) is 0 Å². The molecular formula is C11H13NO5. The molecule has 0 saturated heterocycles. The Balaban J connectivity index is 2.56. The molecule has 0 bridgehead atoms. The van der Waals surface area contributed by atoms with Gasteiger partial charge in [-0.1, -0.05) is 6.07 Å². The number of aliphatic hydroxyl groups excluding tert-OH is 1. The van der Waals surface area contributed by atoms with Crippen molar-refractivity contribution in [3.05, 3.63) is 29.6 Å². The predicted octanol–water partition coefficient (Wildman–Crippen LogP) is 0.709. The number of carboxylic acids is 1. The molecule has 0 amide bonds. The quantitative estimate of drug-likeness (QED) is 0.560. The minimum Gasteiger partial charge on any atom is -0.477 e. The fourth-order valence-corrected chi connectivity index (χ4v) is 1.12. The van der Waals surface area contributed by atoms with Crippen LogP contribution in [0.3, 0.4) is 0 Å². The largest absolute Gasteiger partial charge is 0.477 e. The Hall–Kier alpha value is -1.95. The van der Waals surface area contributed by atoms with Crippen molar-refractivity contribution in [3.8, 4) is 0 Å². The highest BCUT2D eigenvalue weighted by Gasteiger charge is 2.12. The van der Waals surface area contributed by atoms with Crippen molar-refractivity contribution in [2.24, 2.45) is 0 Å². The van der Waals surface area contributed by atoms with Crippen molar-refractivity contribution in [1.82, 2.24) is 4.98 Å². The molecule has 0 aliphatic carbocycles. The van der Waals surface area contributed by atoms with E-state index in [1.165, 1.54) is 18.2 Å². The first-order valence-corrected chi connectivity index (χ1v) is 5.13. The molecule has 1 heterocycles. The van der Waals surface area contributed by atoms with Crippen molar-refractivity contribution in [1.29, 1.82) is 0 Å². The lowest BCUT2D eigenvalue weighted by Gasteiger charge is -2.03. The van der Waals surface area contributed by atoms with Crippen LogP contribution in [-0.4, -0.2) is 40.3 Å². The van der Waals surface area contributed by atoms with Gasteiger partial charge in [0.05, 0.1) is 6.61 Å². The zero-order valence-electron chi connectivity index (χ0n) is 9.13. The van der Waals surface area contributed by atoms with Crippen molar-refractivity contribution in [3.63, 3.8) is 0 Å². The second kappa shape index (κ2) is 6.59. The third-order valence-electron chi connectivity index (χ3n) is 1.96. The number of nitrogens with zero attached hydrogens (tertiary/aromatic N) is 1. The van der Waals surface area contributed by atoms with Crippen LogP contribution >= 0.6 is 0 Å². The fraction of sp³-hybridized carbons (Fsp3) is 0.364. The first-order valence-electron chi connectivity index (χ1n) is 5.13. The Kier molecular flexibility index (Phi) is 5.09. The molecule has 0 spiro atoms. The van der Waals surface area contributed by atoms with Gasteiger partial charge in [0.1, 0.15) is 11.4 Å². The van der Waals surface area contributed by atoms with E-state index in [4.69, 9.17) is 14.9 Å². The lowest BCUT2D eigenvalue weighted by atomic mass is 10.3. The summed E-state index contributed by atoms with van der Waals surface area (Å²) in [6.45, 7) is 0.225. The number of aromatic nitrogens is 1. The molecule has 0 aliphatic heterocycles. The zero-order chi connectivity index (χ0) is 12.7. The van der Waals surface area contributed by atoms with E-state index in [-0.39, 0.29) is 24.6 Å². The first-order chi connectivity index (χ1) is 8.15. The molecule has 0 saturated carbocycles. The molecular weight excluding hydrogens is 226 g/mol. The van der Waals surface area contributed by atoms with Gasteiger partial charge in [0, 0.05) is 6.61 Å². The summed E-state index contributed by atoms with van der Waals surface area (Å²) in [4.78, 5) is 25.7. The Labute approximate surface area is 97.9 Å². The van der Waals surface area contributed by atoms with E-state index in [0.29, 0.717) is 12.8 Å². The summed E-state index contributed by atoms with van der Waals surface area (Å²) in [6.07, 6.45) is 1.11. The molecule has 6 nitrogen and oxygen atoms in total. The van der Waals surface area contributed by atoms with Gasteiger partial charge in [-0.05, 0) is 25.0 Å². The van der Waals surface area contributed by atoms with Gasteiger partial charge >= 0.3 is 11.9 Å². The number of esters is 1. The molecule has 0 aliphatic rings. The second-order valence-corrected chi connectivity index (χ2v) is 3.28. The summed E-state index contributed by atoms with van der Waals surface area (Å²) in [7, 11) is 0. The fourth-order valence-electron chi connectivity index (χ4n) is 1.12. The summed E-state index contributed by atoms with van der Waals surface area (Å²) in [5.74, 6) is -1.86. The van der Waals surface area contributed by atoms with Gasteiger partial charge in [-0.2, -0.15) is 0 Å². The lowest BCUT2D eigenvalue weighted by molar-refractivity contribution is 0.0485. The van der Waals surface area contributed by atoms with Gasteiger partial charge in [-0.25, -0.2) is 14.6 Å². The number of hydrogen-bond acceptors (Lipinski definition) is 5. The number of carbonyl (C=O) groups excluding carboxylic acids is 1. The molecule has 6 heteroatoms. The second-order valence-electron chi connectivity index (χ2n) is 3.28. The monoisotopic (exact) mass is 239 g/mol. The maximum Gasteiger partial charge on any atom is 0.356 e. The van der Waals surface area contributed by atoms with E-state index in [1.807, 2.05) is 0 Å². The molecule has 0 fully saturated rings. The summed E-state index contributed by atoms with van der Waals surface area (Å²) < 4.78 is 4.86. The van der Waals surface area contributed by atoms with Gasteiger partial charge in [-0.15, -0.1) is 0 Å². The van der Waals surface area contributed by atoms with Crippen LogP contribution in [0.1, 0.15) is 33.8 Å². The minimum atomic E-state index is -1.19. The van der Waals surface area contributed by atoms with E-state index in [1.54, 1.807) is 0 Å². The molecule has 0 aromatic carbocycles. The Morgan fingerprint density at radius 1 is 1.24 bits per heavy atom. The van der Waals surface area contributed by atoms with Gasteiger partial charge in [0.25, 0.3) is 0 Å². The molecule has 2 N–H and O–H groups in total. The zero-order valence-corrected chi connectivity index (χ0v) is 9.13. The van der Waals surface area contributed by atoms with Crippen molar-refractivity contribution >= 4 is 11.9 Å². The maximum absolute atomic E-state index is 11.4. The molecule has 1 rings (SSSR count). The van der Waals surface area contributed by atoms with Gasteiger partial charge in [0.15, 0.2) is 0 Å². The maximum atomic E-state index is 11.4. The molecule has 1 aromatic heterocycles. The first kappa shape index (κ1) is 13.1. The number of carboxylic acid groups (broad SMARTS) is 1. The van der Waals surface area contributed by atoms with E-state index in [2.05, 4.69) is 4.98 Å². The number of hydrogen-bond donors (Lipinski definition) is 2. The van der Waals surface area contributed by atoms with Gasteiger partial charge in [0.2, 0.25) is 0 Å². The van der Waals surface area contributed by atoms with E-state index in [0.717, 1.165) is 0 Å². The van der Waals surface area contributed by atoms with Crippen LogP contribution in [0.2, 0.25) is 0 Å². The van der Waals surface area contributed by atoms with Crippen molar-refractivity contribution < 1.29 is 24.5 Å². The summed E-state index contributed by atoms with van der Waals surface area (Å²) in [6, 6.07) is 4.12. The molecule has 1 aromatic rings. The SMILES string of the molecule is O=C(O)c1cccc(C(=O)OCCCCO)n1. The average Bonchev–Trinajstić information content (AvgIpc) is 2.34. The number of unbranched alkanes of at least 4 members (excludes halogenated alkanes) is 1. The number of carbonyl (C=O) groups is 2. The van der Waals surface area contributed by atoms with Crippen LogP contribution in [0.25, 0.3) is 0 Å². The topological polar surface area (TPSA) is 96.7 Å². The van der Waals surface area contributed by atoms with Crippen molar-refractivity contribution in [2.45, 2.75) is 12.8 Å². The number of aromatic carboxylic acids is 1. The van der Waals surface area contributed by atoms with Crippen molar-refractivity contribution in [2.75, 3.05) is 13.2 Å². The Bertz CT molecular complexity index is 405. The molecule has 92 valence electrons. The lowest BCUT2D eigenvalue weighted by Crippen LogP contribution is -2.11. The third kappa shape index (κ3) is 4.20. The van der Waals surface area contributed by atoms with E-state index >= 15 is 0 Å². The third-order valence-corrected chi connectivity index (χ3v) is 1.96. The van der Waals surface area contributed by atoms with Crippen LogP contribution < -0.4 is 0 Å². The van der Waals surface area contributed by atoms with Crippen LogP contribution in [-0.2, 0) is 4.74 Å². The normalized spacial score (nSPS) is 9.94. The van der Waals surface area contributed by atoms with Gasteiger partial charge in [-0.3, -0.25) is 0 Å². The predicted molar refractivity (Wildman–Crippen MR) is 57.8 cm³/mol. The van der Waals surface area contributed by atoms with E-state index in [9.17, 15) is 9.59 Å². The number of rotatable bonds is 6. The number of pyridine rings is 1. The average molecular weight is 239 g/mol. The highest BCUT2D eigenvalue weighted by atomic mass is 16.5. The molecule has 17 heavy (non-hydrogen) atoms. The molecule has 0 unspecified atom stereocenters. The highest BCUT2D eigenvalue weighted by Crippen LogP contribution is 2.02. The summed E-state index contributed by atoms with van der Waals surface area (Å²) >= 11 is 0. The Morgan fingerprint density at radius 2 is 1.94 bits per heavy atom. The smallest absolute Gasteiger partial charge is 0.356 e. The van der Waals surface area contributed by atoms with Crippen LogP contribution in [0.15, 0.2) is 18.2 Å². The minimum absolute atomic E-state index is 0.0334. The number of ether oxygens (including phenoxy) is 1.